The first-order chi connectivity index (χ1) is 6.74. The lowest BCUT2D eigenvalue weighted by Crippen LogP contribution is -2.53. The van der Waals surface area contributed by atoms with Gasteiger partial charge in [0.15, 0.2) is 0 Å². The van der Waals surface area contributed by atoms with E-state index < -0.39 is 0 Å². The molecule has 4 N–H and O–H groups in total. The van der Waals surface area contributed by atoms with Gasteiger partial charge in [-0.25, -0.2) is 0 Å². The Balaban J connectivity index is 0. The van der Waals surface area contributed by atoms with E-state index >= 15 is 0 Å². The van der Waals surface area contributed by atoms with Crippen molar-refractivity contribution in [2.75, 3.05) is 46.0 Å². The Morgan fingerprint density at radius 2 is 1.20 bits per heavy atom. The van der Waals surface area contributed by atoms with E-state index in [1.807, 2.05) is 0 Å². The Kier molecular flexibility index (Phi) is 11.8. The molecule has 0 aliphatic heterocycles. The lowest BCUT2D eigenvalue weighted by atomic mass is 10.2. The highest BCUT2D eigenvalue weighted by Gasteiger charge is 2.24. The summed E-state index contributed by atoms with van der Waals surface area (Å²) in [6.45, 7) is 5.27. The third-order valence-corrected chi connectivity index (χ3v) is 2.71. The average Bonchev–Trinajstić information content (AvgIpc) is 2.16. The minimum absolute atomic E-state index is 0. The minimum Gasteiger partial charge on any atom is -0.870 e. The molecular formula is C10H25NO4. The number of nitrogens with zero attached hydrogens (tertiary/aromatic N) is 1. The van der Waals surface area contributed by atoms with Gasteiger partial charge in [-0.1, -0.05) is 13.3 Å². The summed E-state index contributed by atoms with van der Waals surface area (Å²) >= 11 is 0. The molecule has 0 rings (SSSR count). The van der Waals surface area contributed by atoms with E-state index in [1.54, 1.807) is 0 Å². The van der Waals surface area contributed by atoms with E-state index in [0.29, 0.717) is 24.1 Å². The highest BCUT2D eigenvalue weighted by Crippen LogP contribution is 2.08. The lowest BCUT2D eigenvalue weighted by molar-refractivity contribution is -0.929. The minimum atomic E-state index is 0. The summed E-state index contributed by atoms with van der Waals surface area (Å²) < 4.78 is 0.636. The molecule has 5 nitrogen and oxygen atoms in total. The van der Waals surface area contributed by atoms with Crippen molar-refractivity contribution in [3.8, 4) is 0 Å². The topological polar surface area (TPSA) is 90.7 Å². The quantitative estimate of drug-likeness (QED) is 0.455. The molecule has 0 aromatic carbocycles. The standard InChI is InChI=1S/C10H24NO3.H2O/c1-2-3-4-11(5-8-12,6-9-13)7-10-14;/h12-14H,2-10H2,1H3;1H2/q+1;/p-1. The van der Waals surface area contributed by atoms with Crippen molar-refractivity contribution in [2.24, 2.45) is 0 Å². The number of aliphatic hydroxyl groups excluding tert-OH is 3. The molecule has 5 heteroatoms. The molecule has 0 bridgehead atoms. The van der Waals surface area contributed by atoms with Gasteiger partial charge in [-0.3, -0.25) is 0 Å². The summed E-state index contributed by atoms with van der Waals surface area (Å²) in [5.74, 6) is 0. The van der Waals surface area contributed by atoms with Crippen LogP contribution in [0.2, 0.25) is 0 Å². The Morgan fingerprint density at radius 3 is 1.47 bits per heavy atom. The SMILES string of the molecule is CCCC[N+](CCO)(CCO)CCO.[OH-]. The number of aliphatic hydroxyl groups is 3. The van der Waals surface area contributed by atoms with Gasteiger partial charge in [0.2, 0.25) is 0 Å². The van der Waals surface area contributed by atoms with Crippen LogP contribution in [-0.2, 0) is 0 Å². The van der Waals surface area contributed by atoms with Gasteiger partial charge in [0, 0.05) is 0 Å². The summed E-state index contributed by atoms with van der Waals surface area (Å²) in [5.41, 5.74) is 0. The normalized spacial score (nSPS) is 11.2. The number of hydrogen-bond donors (Lipinski definition) is 3. The first-order valence-corrected chi connectivity index (χ1v) is 5.42. The highest BCUT2D eigenvalue weighted by atomic mass is 16.3. The van der Waals surface area contributed by atoms with Gasteiger partial charge in [0.25, 0.3) is 0 Å². The van der Waals surface area contributed by atoms with Crippen LogP contribution in [0.5, 0.6) is 0 Å². The summed E-state index contributed by atoms with van der Waals surface area (Å²) in [7, 11) is 0. The zero-order valence-corrected chi connectivity index (χ0v) is 9.60. The molecule has 94 valence electrons. The number of rotatable bonds is 9. The van der Waals surface area contributed by atoms with E-state index in [1.165, 1.54) is 0 Å². The average molecular weight is 223 g/mol. The van der Waals surface area contributed by atoms with Gasteiger partial charge in [-0.15, -0.1) is 0 Å². The van der Waals surface area contributed by atoms with Gasteiger partial charge < -0.3 is 25.3 Å². The fraction of sp³-hybridized carbons (Fsp3) is 1.00. The molecule has 0 unspecified atom stereocenters. The monoisotopic (exact) mass is 223 g/mol. The molecule has 0 saturated heterocycles. The van der Waals surface area contributed by atoms with Crippen molar-refractivity contribution >= 4 is 0 Å². The predicted molar refractivity (Wildman–Crippen MR) is 57.8 cm³/mol. The molecule has 0 aliphatic rings. The Labute approximate surface area is 91.9 Å². The van der Waals surface area contributed by atoms with Gasteiger partial charge in [-0.05, 0) is 6.42 Å². The third kappa shape index (κ3) is 6.81. The van der Waals surface area contributed by atoms with Gasteiger partial charge in [0.1, 0.15) is 19.6 Å². The van der Waals surface area contributed by atoms with Crippen LogP contribution in [0.4, 0.5) is 0 Å². The van der Waals surface area contributed by atoms with E-state index in [2.05, 4.69) is 6.92 Å². The molecule has 0 fully saturated rings. The fourth-order valence-corrected chi connectivity index (χ4v) is 1.80. The van der Waals surface area contributed by atoms with E-state index in [0.717, 1.165) is 19.4 Å². The second-order valence-electron chi connectivity index (χ2n) is 3.76. The van der Waals surface area contributed by atoms with Crippen LogP contribution in [0, 0.1) is 0 Å². The predicted octanol–water partition coefficient (Wildman–Crippen LogP) is -0.597. The maximum absolute atomic E-state index is 8.98. The van der Waals surface area contributed by atoms with E-state index in [9.17, 15) is 0 Å². The molecule has 0 atom stereocenters. The molecule has 0 saturated carbocycles. The number of unbranched alkanes of at least 4 members (excludes halogenated alkanes) is 1. The molecular weight excluding hydrogens is 198 g/mol. The largest absolute Gasteiger partial charge is 0.870 e. The molecule has 0 aromatic rings. The van der Waals surface area contributed by atoms with Crippen molar-refractivity contribution in [2.45, 2.75) is 19.8 Å². The van der Waals surface area contributed by atoms with Crippen LogP contribution in [0.3, 0.4) is 0 Å². The maximum atomic E-state index is 8.98. The van der Waals surface area contributed by atoms with E-state index in [-0.39, 0.29) is 25.3 Å². The Bertz CT molecular complexity index is 116. The zero-order valence-electron chi connectivity index (χ0n) is 9.60. The van der Waals surface area contributed by atoms with Crippen LogP contribution in [0.25, 0.3) is 0 Å². The summed E-state index contributed by atoms with van der Waals surface area (Å²) in [4.78, 5) is 0. The van der Waals surface area contributed by atoms with Crippen molar-refractivity contribution < 1.29 is 25.3 Å². The molecule has 0 radical (unpaired) electrons. The Morgan fingerprint density at radius 1 is 0.800 bits per heavy atom. The second-order valence-corrected chi connectivity index (χ2v) is 3.76. The fourth-order valence-electron chi connectivity index (χ4n) is 1.80. The van der Waals surface area contributed by atoms with Gasteiger partial charge >= 0.3 is 0 Å². The molecule has 15 heavy (non-hydrogen) atoms. The van der Waals surface area contributed by atoms with Crippen molar-refractivity contribution in [1.29, 1.82) is 0 Å². The van der Waals surface area contributed by atoms with Crippen LogP contribution < -0.4 is 0 Å². The molecule has 0 heterocycles. The highest BCUT2D eigenvalue weighted by molar-refractivity contribution is 4.45. The molecule has 0 amide bonds. The number of quaternary nitrogens is 1. The van der Waals surface area contributed by atoms with Crippen molar-refractivity contribution in [3.63, 3.8) is 0 Å². The van der Waals surface area contributed by atoms with Gasteiger partial charge in [-0.2, -0.15) is 0 Å². The number of hydrogen-bond acceptors (Lipinski definition) is 4. The van der Waals surface area contributed by atoms with Gasteiger partial charge in [0.05, 0.1) is 26.4 Å². The summed E-state index contributed by atoms with van der Waals surface area (Å²) in [6.07, 6.45) is 2.17. The summed E-state index contributed by atoms with van der Waals surface area (Å²) in [5, 5.41) is 26.9. The van der Waals surface area contributed by atoms with Crippen molar-refractivity contribution in [1.82, 2.24) is 0 Å². The lowest BCUT2D eigenvalue weighted by Gasteiger charge is -2.37. The first-order valence-electron chi connectivity index (χ1n) is 5.42. The smallest absolute Gasteiger partial charge is 0.102 e. The second kappa shape index (κ2) is 10.3. The maximum Gasteiger partial charge on any atom is 0.102 e. The summed E-state index contributed by atoms with van der Waals surface area (Å²) in [6, 6.07) is 0. The molecule has 0 aromatic heterocycles. The zero-order chi connectivity index (χ0) is 10.9. The Hall–Kier alpha value is -0.200. The van der Waals surface area contributed by atoms with Crippen LogP contribution in [0.15, 0.2) is 0 Å². The molecule has 0 spiro atoms. The van der Waals surface area contributed by atoms with Crippen molar-refractivity contribution in [3.05, 3.63) is 0 Å². The third-order valence-electron chi connectivity index (χ3n) is 2.71. The van der Waals surface area contributed by atoms with E-state index in [4.69, 9.17) is 15.3 Å². The van der Waals surface area contributed by atoms with Crippen LogP contribution >= 0.6 is 0 Å². The first kappa shape index (κ1) is 17.2. The van der Waals surface area contributed by atoms with Crippen LogP contribution in [-0.4, -0.2) is 71.3 Å². The molecule has 0 aliphatic carbocycles. The van der Waals surface area contributed by atoms with Crippen LogP contribution in [0.1, 0.15) is 19.8 Å².